The van der Waals surface area contributed by atoms with E-state index in [-0.39, 0.29) is 6.04 Å². The lowest BCUT2D eigenvalue weighted by Crippen LogP contribution is -2.37. The maximum atomic E-state index is 6.20. The van der Waals surface area contributed by atoms with Crippen LogP contribution in [0.4, 0.5) is 5.95 Å². The lowest BCUT2D eigenvalue weighted by molar-refractivity contribution is 0.626. The SMILES string of the molecule is CCc1ccc(C2c3[nH]c4ccccc4c3CCN2c2nc(Cl)cc(Cl)n2)cc1. The fraction of sp³-hybridized carbons (Fsp3) is 0.217. The number of rotatable bonds is 3. The predicted molar refractivity (Wildman–Crippen MR) is 119 cm³/mol. The number of anilines is 1. The summed E-state index contributed by atoms with van der Waals surface area (Å²) in [6.45, 7) is 2.95. The van der Waals surface area contributed by atoms with Crippen molar-refractivity contribution >= 4 is 40.1 Å². The fourth-order valence-corrected chi connectivity index (χ4v) is 4.66. The topological polar surface area (TPSA) is 44.8 Å². The van der Waals surface area contributed by atoms with E-state index >= 15 is 0 Å². The quantitative estimate of drug-likeness (QED) is 0.413. The van der Waals surface area contributed by atoms with Crippen LogP contribution < -0.4 is 4.90 Å². The molecule has 1 aliphatic heterocycles. The second-order valence-electron chi connectivity index (χ2n) is 7.32. The second kappa shape index (κ2) is 7.36. The highest BCUT2D eigenvalue weighted by atomic mass is 35.5. The summed E-state index contributed by atoms with van der Waals surface area (Å²) in [4.78, 5) is 14.8. The minimum atomic E-state index is -0.0356. The van der Waals surface area contributed by atoms with Gasteiger partial charge in [0.2, 0.25) is 5.95 Å². The van der Waals surface area contributed by atoms with Gasteiger partial charge in [0.15, 0.2) is 0 Å². The Hall–Kier alpha value is -2.56. The third kappa shape index (κ3) is 3.26. The summed E-state index contributed by atoms with van der Waals surface area (Å²) in [6.07, 6.45) is 1.91. The molecule has 0 saturated carbocycles. The molecule has 0 aliphatic carbocycles. The molecule has 2 aromatic carbocycles. The first-order valence-electron chi connectivity index (χ1n) is 9.79. The van der Waals surface area contributed by atoms with E-state index in [1.807, 2.05) is 0 Å². The average Bonchev–Trinajstić information content (AvgIpc) is 3.11. The van der Waals surface area contributed by atoms with Gasteiger partial charge in [-0.15, -0.1) is 0 Å². The number of aromatic amines is 1. The number of benzene rings is 2. The summed E-state index contributed by atoms with van der Waals surface area (Å²) >= 11 is 12.4. The van der Waals surface area contributed by atoms with Crippen molar-refractivity contribution in [1.82, 2.24) is 15.0 Å². The normalized spacial score (nSPS) is 16.2. The van der Waals surface area contributed by atoms with Crippen LogP contribution in [0.15, 0.2) is 54.6 Å². The van der Waals surface area contributed by atoms with Gasteiger partial charge in [0.05, 0.1) is 6.04 Å². The minimum Gasteiger partial charge on any atom is -0.356 e. The Morgan fingerprint density at radius 3 is 2.48 bits per heavy atom. The molecule has 4 aromatic rings. The molecule has 146 valence electrons. The van der Waals surface area contributed by atoms with Gasteiger partial charge >= 0.3 is 0 Å². The van der Waals surface area contributed by atoms with Crippen LogP contribution in [0.1, 0.15) is 35.3 Å². The van der Waals surface area contributed by atoms with E-state index < -0.39 is 0 Å². The van der Waals surface area contributed by atoms with Crippen LogP contribution in [0.25, 0.3) is 10.9 Å². The number of aromatic nitrogens is 3. The second-order valence-corrected chi connectivity index (χ2v) is 8.09. The van der Waals surface area contributed by atoms with E-state index in [4.69, 9.17) is 23.2 Å². The number of aryl methyl sites for hydroxylation is 1. The van der Waals surface area contributed by atoms with Crippen LogP contribution >= 0.6 is 23.2 Å². The molecule has 0 saturated heterocycles. The van der Waals surface area contributed by atoms with Crippen molar-refractivity contribution < 1.29 is 0 Å². The fourth-order valence-electron chi connectivity index (χ4n) is 4.25. The standard InChI is InChI=1S/C23H20Cl2N4/c1-2-14-7-9-15(10-8-14)22-21-17(16-5-3-4-6-18(16)26-21)11-12-29(22)23-27-19(24)13-20(25)28-23/h3-10,13,22,26H,2,11-12H2,1H3. The Morgan fingerprint density at radius 1 is 1.03 bits per heavy atom. The van der Waals surface area contributed by atoms with E-state index in [0.29, 0.717) is 16.3 Å². The molecule has 29 heavy (non-hydrogen) atoms. The number of H-pyrrole nitrogens is 1. The Labute approximate surface area is 179 Å². The molecule has 0 spiro atoms. The van der Waals surface area contributed by atoms with Crippen LogP contribution in [-0.2, 0) is 12.8 Å². The number of nitrogens with zero attached hydrogens (tertiary/aromatic N) is 3. The molecule has 2 aromatic heterocycles. The third-order valence-electron chi connectivity index (χ3n) is 5.65. The van der Waals surface area contributed by atoms with Crippen molar-refractivity contribution in [2.45, 2.75) is 25.8 Å². The molecule has 1 aliphatic rings. The van der Waals surface area contributed by atoms with E-state index in [1.54, 1.807) is 6.07 Å². The van der Waals surface area contributed by atoms with Crippen molar-refractivity contribution in [2.24, 2.45) is 0 Å². The summed E-state index contributed by atoms with van der Waals surface area (Å²) in [5.41, 5.74) is 6.19. The van der Waals surface area contributed by atoms with Crippen molar-refractivity contribution in [1.29, 1.82) is 0 Å². The average molecular weight is 423 g/mol. The molecule has 6 heteroatoms. The largest absolute Gasteiger partial charge is 0.356 e. The summed E-state index contributed by atoms with van der Waals surface area (Å²) in [5.74, 6) is 0.552. The molecule has 0 amide bonds. The molecule has 1 atom stereocenters. The molecule has 5 rings (SSSR count). The van der Waals surface area contributed by atoms with Gasteiger partial charge in [0, 0.05) is 29.2 Å². The number of halogens is 2. The Bertz CT molecular complexity index is 1160. The zero-order valence-corrected chi connectivity index (χ0v) is 17.5. The third-order valence-corrected chi connectivity index (χ3v) is 6.03. The molecule has 1 unspecified atom stereocenters. The van der Waals surface area contributed by atoms with Gasteiger partial charge in [-0.3, -0.25) is 0 Å². The number of hydrogen-bond acceptors (Lipinski definition) is 3. The molecule has 4 nitrogen and oxygen atoms in total. The van der Waals surface area contributed by atoms with Gasteiger partial charge in [-0.25, -0.2) is 9.97 Å². The summed E-state index contributed by atoms with van der Waals surface area (Å²) < 4.78 is 0. The lowest BCUT2D eigenvalue weighted by Gasteiger charge is -2.36. The van der Waals surface area contributed by atoms with Crippen molar-refractivity contribution in [2.75, 3.05) is 11.4 Å². The minimum absolute atomic E-state index is 0.0356. The smallest absolute Gasteiger partial charge is 0.229 e. The molecule has 0 radical (unpaired) electrons. The molecule has 3 heterocycles. The van der Waals surface area contributed by atoms with Gasteiger partial charge in [0.25, 0.3) is 0 Å². The number of fused-ring (bicyclic) bond motifs is 3. The van der Waals surface area contributed by atoms with Gasteiger partial charge in [-0.05, 0) is 35.6 Å². The Morgan fingerprint density at radius 2 is 1.76 bits per heavy atom. The van der Waals surface area contributed by atoms with Crippen molar-refractivity contribution in [3.05, 3.63) is 87.3 Å². The van der Waals surface area contributed by atoms with Crippen LogP contribution in [0.3, 0.4) is 0 Å². The Balaban J connectivity index is 1.70. The highest BCUT2D eigenvalue weighted by Gasteiger charge is 2.33. The summed E-state index contributed by atoms with van der Waals surface area (Å²) in [5, 5.41) is 1.98. The number of nitrogens with one attached hydrogen (secondary N) is 1. The van der Waals surface area contributed by atoms with Crippen LogP contribution in [-0.4, -0.2) is 21.5 Å². The highest BCUT2D eigenvalue weighted by molar-refractivity contribution is 6.33. The van der Waals surface area contributed by atoms with Crippen molar-refractivity contribution in [3.63, 3.8) is 0 Å². The number of hydrogen-bond donors (Lipinski definition) is 1. The van der Waals surface area contributed by atoms with Crippen LogP contribution in [0.5, 0.6) is 0 Å². The van der Waals surface area contributed by atoms with Gasteiger partial charge in [0.1, 0.15) is 10.3 Å². The maximum absolute atomic E-state index is 6.20. The summed E-state index contributed by atoms with van der Waals surface area (Å²) in [7, 11) is 0. The lowest BCUT2D eigenvalue weighted by atomic mass is 9.92. The van der Waals surface area contributed by atoms with E-state index in [1.165, 1.54) is 27.8 Å². The first-order chi connectivity index (χ1) is 14.1. The van der Waals surface area contributed by atoms with Gasteiger partial charge < -0.3 is 9.88 Å². The number of para-hydroxylation sites is 1. The maximum Gasteiger partial charge on any atom is 0.229 e. The van der Waals surface area contributed by atoms with Crippen molar-refractivity contribution in [3.8, 4) is 0 Å². The van der Waals surface area contributed by atoms with Gasteiger partial charge in [-0.2, -0.15) is 0 Å². The molecular weight excluding hydrogens is 403 g/mol. The zero-order valence-electron chi connectivity index (χ0n) is 16.0. The molecule has 0 bridgehead atoms. The zero-order chi connectivity index (χ0) is 20.0. The molecule has 0 fully saturated rings. The first-order valence-corrected chi connectivity index (χ1v) is 10.5. The molecule has 1 N–H and O–H groups in total. The van der Waals surface area contributed by atoms with E-state index in [0.717, 1.165) is 24.9 Å². The van der Waals surface area contributed by atoms with E-state index in [9.17, 15) is 0 Å². The Kier molecular flexibility index (Phi) is 4.69. The summed E-state index contributed by atoms with van der Waals surface area (Å²) in [6, 6.07) is 18.8. The monoisotopic (exact) mass is 422 g/mol. The molecular formula is C23H20Cl2N4. The van der Waals surface area contributed by atoms with Crippen LogP contribution in [0.2, 0.25) is 10.3 Å². The van der Waals surface area contributed by atoms with E-state index in [2.05, 4.69) is 75.3 Å². The predicted octanol–water partition coefficient (Wildman–Crippen LogP) is 5.98. The van der Waals surface area contributed by atoms with Crippen LogP contribution in [0, 0.1) is 0 Å². The first kappa shape index (κ1) is 18.5. The highest BCUT2D eigenvalue weighted by Crippen LogP contribution is 2.40. The van der Waals surface area contributed by atoms with Gasteiger partial charge in [-0.1, -0.05) is 72.6 Å².